The third kappa shape index (κ3) is 5.07. The molecule has 0 radical (unpaired) electrons. The lowest BCUT2D eigenvalue weighted by molar-refractivity contribution is 0.0641. The number of nitrogens with zero attached hydrogens (tertiary/aromatic N) is 2. The van der Waals surface area contributed by atoms with E-state index in [1.807, 2.05) is 4.90 Å². The molecule has 1 aromatic rings. The summed E-state index contributed by atoms with van der Waals surface area (Å²) in [6.45, 7) is 5.08. The van der Waals surface area contributed by atoms with E-state index in [1.54, 1.807) is 12.1 Å². The normalized spacial score (nSPS) is 22.8. The molecule has 0 N–H and O–H groups in total. The second kappa shape index (κ2) is 8.53. The van der Waals surface area contributed by atoms with Gasteiger partial charge in [0.2, 0.25) is 0 Å². The van der Waals surface area contributed by atoms with Gasteiger partial charge in [0.05, 0.1) is 4.90 Å². The van der Waals surface area contributed by atoms with Crippen LogP contribution >= 0.6 is 0 Å². The highest BCUT2D eigenvalue weighted by Gasteiger charge is 2.26. The first-order valence-electron chi connectivity index (χ1n) is 9.75. The zero-order chi connectivity index (χ0) is 18.6. The van der Waals surface area contributed by atoms with Crippen molar-refractivity contribution in [3.63, 3.8) is 0 Å². The van der Waals surface area contributed by atoms with Gasteiger partial charge in [-0.05, 0) is 69.0 Å². The van der Waals surface area contributed by atoms with E-state index in [0.29, 0.717) is 11.5 Å². The molecule has 144 valence electrons. The molecule has 2 saturated heterocycles. The number of carbonyl (C=O) groups excluding carboxylic acids is 1. The lowest BCUT2D eigenvalue weighted by Gasteiger charge is -2.35. The van der Waals surface area contributed by atoms with Gasteiger partial charge < -0.3 is 9.80 Å². The maximum Gasteiger partial charge on any atom is 0.253 e. The van der Waals surface area contributed by atoms with Crippen LogP contribution in [0, 0.1) is 5.92 Å². The Bertz CT molecular complexity index is 707. The fourth-order valence-corrected chi connectivity index (χ4v) is 4.74. The van der Waals surface area contributed by atoms with Gasteiger partial charge in [0.1, 0.15) is 0 Å². The minimum atomic E-state index is -3.23. The molecule has 5 nitrogen and oxygen atoms in total. The van der Waals surface area contributed by atoms with E-state index >= 15 is 0 Å². The van der Waals surface area contributed by atoms with Gasteiger partial charge >= 0.3 is 0 Å². The molecule has 3 rings (SSSR count). The fraction of sp³-hybridized carbons (Fsp3) is 0.650. The van der Waals surface area contributed by atoms with E-state index in [-0.39, 0.29) is 10.8 Å². The molecule has 2 heterocycles. The maximum atomic E-state index is 12.8. The van der Waals surface area contributed by atoms with Crippen LogP contribution in [-0.4, -0.2) is 63.1 Å². The smallest absolute Gasteiger partial charge is 0.253 e. The van der Waals surface area contributed by atoms with Crippen LogP contribution in [0.15, 0.2) is 29.2 Å². The molecule has 1 aromatic carbocycles. The number of piperidine rings is 1. The SMILES string of the molecule is CS(=O)(=O)c1ccc(C(=O)N2CCCC(CN3CCCCCC3)C2)cc1. The predicted molar refractivity (Wildman–Crippen MR) is 103 cm³/mol. The Hall–Kier alpha value is -1.40. The summed E-state index contributed by atoms with van der Waals surface area (Å²) in [5.41, 5.74) is 0.577. The third-order valence-corrected chi connectivity index (χ3v) is 6.68. The molecule has 0 aromatic heterocycles. The van der Waals surface area contributed by atoms with E-state index in [2.05, 4.69) is 4.90 Å². The van der Waals surface area contributed by atoms with Crippen molar-refractivity contribution in [3.05, 3.63) is 29.8 Å². The molecular weight excluding hydrogens is 348 g/mol. The Kier molecular flexibility index (Phi) is 6.35. The highest BCUT2D eigenvalue weighted by Crippen LogP contribution is 2.22. The first-order valence-corrected chi connectivity index (χ1v) is 11.6. The van der Waals surface area contributed by atoms with Gasteiger partial charge in [-0.15, -0.1) is 0 Å². The minimum Gasteiger partial charge on any atom is -0.338 e. The van der Waals surface area contributed by atoms with E-state index in [4.69, 9.17) is 0 Å². The molecule has 2 aliphatic rings. The molecule has 6 heteroatoms. The summed E-state index contributed by atoms with van der Waals surface area (Å²) in [6, 6.07) is 6.33. The summed E-state index contributed by atoms with van der Waals surface area (Å²) >= 11 is 0. The number of rotatable bonds is 4. The number of sulfone groups is 1. The van der Waals surface area contributed by atoms with Crippen molar-refractivity contribution in [1.29, 1.82) is 0 Å². The van der Waals surface area contributed by atoms with Crippen molar-refractivity contribution in [1.82, 2.24) is 9.80 Å². The highest BCUT2D eigenvalue weighted by atomic mass is 32.2. The molecule has 1 amide bonds. The molecule has 0 bridgehead atoms. The Morgan fingerprint density at radius 3 is 2.27 bits per heavy atom. The van der Waals surface area contributed by atoms with Crippen molar-refractivity contribution in [2.75, 3.05) is 39.0 Å². The number of benzene rings is 1. The van der Waals surface area contributed by atoms with Crippen LogP contribution in [0.4, 0.5) is 0 Å². The predicted octanol–water partition coefficient (Wildman–Crippen LogP) is 2.82. The molecule has 0 aliphatic carbocycles. The third-order valence-electron chi connectivity index (χ3n) is 5.55. The summed E-state index contributed by atoms with van der Waals surface area (Å²) in [4.78, 5) is 17.6. The number of amides is 1. The first kappa shape index (κ1) is 19.4. The number of carbonyl (C=O) groups is 1. The molecule has 1 atom stereocenters. The van der Waals surface area contributed by atoms with Crippen LogP contribution in [0.2, 0.25) is 0 Å². The largest absolute Gasteiger partial charge is 0.338 e. The Morgan fingerprint density at radius 2 is 1.65 bits per heavy atom. The van der Waals surface area contributed by atoms with Crippen LogP contribution in [-0.2, 0) is 9.84 Å². The standard InChI is InChI=1S/C20H30N2O3S/c1-26(24,25)19-10-8-18(9-11-19)20(23)22-14-6-7-17(16-22)15-21-12-4-2-3-5-13-21/h8-11,17H,2-7,12-16H2,1H3. The Morgan fingerprint density at radius 1 is 1.00 bits per heavy atom. The zero-order valence-electron chi connectivity index (χ0n) is 15.7. The summed E-state index contributed by atoms with van der Waals surface area (Å²) in [7, 11) is -3.23. The monoisotopic (exact) mass is 378 g/mol. The van der Waals surface area contributed by atoms with Crippen LogP contribution in [0.25, 0.3) is 0 Å². The Balaban J connectivity index is 1.60. The average molecular weight is 379 g/mol. The fourth-order valence-electron chi connectivity index (χ4n) is 4.11. The molecule has 1 unspecified atom stereocenters. The summed E-state index contributed by atoms with van der Waals surface area (Å²) in [5.74, 6) is 0.562. The van der Waals surface area contributed by atoms with Crippen LogP contribution in [0.5, 0.6) is 0 Å². The van der Waals surface area contributed by atoms with E-state index in [9.17, 15) is 13.2 Å². The van der Waals surface area contributed by atoms with Crippen molar-refractivity contribution >= 4 is 15.7 Å². The number of hydrogen-bond donors (Lipinski definition) is 0. The second-order valence-corrected chi connectivity index (χ2v) is 9.79. The molecule has 2 fully saturated rings. The summed E-state index contributed by atoms with van der Waals surface area (Å²) < 4.78 is 23.1. The molecule has 0 spiro atoms. The van der Waals surface area contributed by atoms with Gasteiger partial charge in [0.15, 0.2) is 9.84 Å². The van der Waals surface area contributed by atoms with Gasteiger partial charge in [-0.2, -0.15) is 0 Å². The molecule has 26 heavy (non-hydrogen) atoms. The maximum absolute atomic E-state index is 12.8. The topological polar surface area (TPSA) is 57.7 Å². The van der Waals surface area contributed by atoms with Gasteiger partial charge in [-0.1, -0.05) is 12.8 Å². The van der Waals surface area contributed by atoms with Gasteiger partial charge in [0, 0.05) is 31.5 Å². The molecule has 2 aliphatic heterocycles. The average Bonchev–Trinajstić information content (AvgIpc) is 2.89. The van der Waals surface area contributed by atoms with Crippen molar-refractivity contribution in [2.24, 2.45) is 5.92 Å². The highest BCUT2D eigenvalue weighted by molar-refractivity contribution is 7.90. The first-order chi connectivity index (χ1) is 12.4. The molecular formula is C20H30N2O3S. The van der Waals surface area contributed by atoms with E-state index in [1.165, 1.54) is 63.6 Å². The number of hydrogen-bond acceptors (Lipinski definition) is 4. The van der Waals surface area contributed by atoms with Crippen molar-refractivity contribution in [2.45, 2.75) is 43.4 Å². The lowest BCUT2D eigenvalue weighted by atomic mass is 9.96. The summed E-state index contributed by atoms with van der Waals surface area (Å²) in [6.07, 6.45) is 8.69. The van der Waals surface area contributed by atoms with Crippen LogP contribution < -0.4 is 0 Å². The van der Waals surface area contributed by atoms with Crippen LogP contribution in [0.3, 0.4) is 0 Å². The van der Waals surface area contributed by atoms with Crippen molar-refractivity contribution < 1.29 is 13.2 Å². The zero-order valence-corrected chi connectivity index (χ0v) is 16.5. The second-order valence-electron chi connectivity index (χ2n) is 7.77. The molecule has 0 saturated carbocycles. The van der Waals surface area contributed by atoms with Crippen molar-refractivity contribution in [3.8, 4) is 0 Å². The summed E-state index contributed by atoms with van der Waals surface area (Å²) in [5, 5.41) is 0. The van der Waals surface area contributed by atoms with E-state index in [0.717, 1.165) is 26.1 Å². The quantitative estimate of drug-likeness (QED) is 0.808. The lowest BCUT2D eigenvalue weighted by Crippen LogP contribution is -2.44. The Labute approximate surface area is 157 Å². The van der Waals surface area contributed by atoms with Gasteiger partial charge in [-0.3, -0.25) is 4.79 Å². The van der Waals surface area contributed by atoms with Gasteiger partial charge in [0.25, 0.3) is 5.91 Å². The number of likely N-dealkylation sites (tertiary alicyclic amines) is 2. The van der Waals surface area contributed by atoms with E-state index < -0.39 is 9.84 Å². The van der Waals surface area contributed by atoms with Gasteiger partial charge in [-0.25, -0.2) is 8.42 Å². The van der Waals surface area contributed by atoms with Crippen LogP contribution in [0.1, 0.15) is 48.9 Å². The minimum absolute atomic E-state index is 0.0191.